The standard InChI is InChI=1S/C15H18F2N2O/c16-13-5-3-4-12(14(13)17)15(20)19-9-6-11(10-19)18-7-1-2-8-18/h3-5,11H,1-2,6-10H2. The van der Waals surface area contributed by atoms with Crippen molar-refractivity contribution in [3.8, 4) is 0 Å². The molecule has 0 N–H and O–H groups in total. The van der Waals surface area contributed by atoms with Crippen molar-refractivity contribution in [3.63, 3.8) is 0 Å². The molecule has 3 rings (SSSR count). The third-order valence-corrected chi connectivity index (χ3v) is 4.29. The first kappa shape index (κ1) is 13.5. The van der Waals surface area contributed by atoms with Crippen molar-refractivity contribution in [1.82, 2.24) is 9.80 Å². The van der Waals surface area contributed by atoms with E-state index in [-0.39, 0.29) is 5.56 Å². The monoisotopic (exact) mass is 280 g/mol. The second kappa shape index (κ2) is 5.48. The lowest BCUT2D eigenvalue weighted by Crippen LogP contribution is -2.37. The lowest BCUT2D eigenvalue weighted by Gasteiger charge is -2.23. The molecule has 2 aliphatic heterocycles. The maximum atomic E-state index is 13.7. The number of halogens is 2. The fraction of sp³-hybridized carbons (Fsp3) is 0.533. The molecule has 2 fully saturated rings. The lowest BCUT2D eigenvalue weighted by molar-refractivity contribution is 0.0774. The van der Waals surface area contributed by atoms with Gasteiger partial charge in [0.15, 0.2) is 11.6 Å². The minimum Gasteiger partial charge on any atom is -0.337 e. The average Bonchev–Trinajstić information content (AvgIpc) is 3.11. The van der Waals surface area contributed by atoms with Crippen LogP contribution in [0.15, 0.2) is 18.2 Å². The molecule has 2 aliphatic rings. The Morgan fingerprint density at radius 3 is 2.65 bits per heavy atom. The number of hydrogen-bond acceptors (Lipinski definition) is 2. The summed E-state index contributed by atoms with van der Waals surface area (Å²) < 4.78 is 26.9. The predicted octanol–water partition coefficient (Wildman–Crippen LogP) is 2.28. The van der Waals surface area contributed by atoms with E-state index < -0.39 is 17.5 Å². The summed E-state index contributed by atoms with van der Waals surface area (Å²) in [5.41, 5.74) is -0.160. The van der Waals surface area contributed by atoms with Crippen LogP contribution in [-0.4, -0.2) is 47.9 Å². The van der Waals surface area contributed by atoms with Crippen molar-refractivity contribution in [3.05, 3.63) is 35.4 Å². The number of benzene rings is 1. The van der Waals surface area contributed by atoms with E-state index in [1.165, 1.54) is 25.0 Å². The van der Waals surface area contributed by atoms with Gasteiger partial charge in [-0.3, -0.25) is 9.69 Å². The van der Waals surface area contributed by atoms with Gasteiger partial charge in [0.2, 0.25) is 0 Å². The van der Waals surface area contributed by atoms with Gasteiger partial charge in [0, 0.05) is 19.1 Å². The molecule has 3 nitrogen and oxygen atoms in total. The smallest absolute Gasteiger partial charge is 0.256 e. The van der Waals surface area contributed by atoms with Crippen LogP contribution in [0.1, 0.15) is 29.6 Å². The molecule has 0 radical (unpaired) electrons. The van der Waals surface area contributed by atoms with Crippen LogP contribution >= 0.6 is 0 Å². The Kier molecular flexibility index (Phi) is 3.70. The first-order valence-corrected chi connectivity index (χ1v) is 7.14. The number of carbonyl (C=O) groups excluding carboxylic acids is 1. The van der Waals surface area contributed by atoms with Gasteiger partial charge in [-0.05, 0) is 44.5 Å². The highest BCUT2D eigenvalue weighted by atomic mass is 19.2. The zero-order valence-corrected chi connectivity index (χ0v) is 11.3. The number of likely N-dealkylation sites (tertiary alicyclic amines) is 2. The van der Waals surface area contributed by atoms with Crippen molar-refractivity contribution >= 4 is 5.91 Å². The SMILES string of the molecule is O=C(c1cccc(F)c1F)N1CCC(N2CCCC2)C1. The molecule has 0 spiro atoms. The van der Waals surface area contributed by atoms with Crippen LogP contribution in [0.5, 0.6) is 0 Å². The molecule has 108 valence electrons. The topological polar surface area (TPSA) is 23.6 Å². The van der Waals surface area contributed by atoms with E-state index in [4.69, 9.17) is 0 Å². The van der Waals surface area contributed by atoms with Gasteiger partial charge in [-0.25, -0.2) is 8.78 Å². The van der Waals surface area contributed by atoms with Crippen LogP contribution in [0.4, 0.5) is 8.78 Å². The third-order valence-electron chi connectivity index (χ3n) is 4.29. The summed E-state index contributed by atoms with van der Waals surface area (Å²) >= 11 is 0. The van der Waals surface area contributed by atoms with Crippen LogP contribution in [0.3, 0.4) is 0 Å². The average molecular weight is 280 g/mol. The molecule has 0 aliphatic carbocycles. The van der Waals surface area contributed by atoms with Gasteiger partial charge in [0.25, 0.3) is 5.91 Å². The fourth-order valence-corrected chi connectivity index (χ4v) is 3.17. The second-order valence-corrected chi connectivity index (χ2v) is 5.54. The van der Waals surface area contributed by atoms with E-state index in [9.17, 15) is 13.6 Å². The zero-order chi connectivity index (χ0) is 14.1. The van der Waals surface area contributed by atoms with E-state index >= 15 is 0 Å². The number of amides is 1. The lowest BCUT2D eigenvalue weighted by atomic mass is 10.2. The van der Waals surface area contributed by atoms with E-state index in [1.807, 2.05) is 0 Å². The molecule has 1 amide bonds. The highest BCUT2D eigenvalue weighted by Gasteiger charge is 2.32. The largest absolute Gasteiger partial charge is 0.337 e. The van der Waals surface area contributed by atoms with E-state index in [0.717, 1.165) is 25.6 Å². The van der Waals surface area contributed by atoms with Gasteiger partial charge in [0.1, 0.15) is 0 Å². The van der Waals surface area contributed by atoms with E-state index in [1.54, 1.807) is 4.90 Å². The Bertz CT molecular complexity index is 515. The minimum absolute atomic E-state index is 0.160. The van der Waals surface area contributed by atoms with Crippen molar-refractivity contribution in [2.45, 2.75) is 25.3 Å². The van der Waals surface area contributed by atoms with Gasteiger partial charge < -0.3 is 4.90 Å². The maximum absolute atomic E-state index is 13.7. The molecule has 20 heavy (non-hydrogen) atoms. The van der Waals surface area contributed by atoms with Gasteiger partial charge in [0.05, 0.1) is 5.56 Å². The summed E-state index contributed by atoms with van der Waals surface area (Å²) in [5, 5.41) is 0. The molecule has 1 aromatic rings. The van der Waals surface area contributed by atoms with Crippen LogP contribution in [0.25, 0.3) is 0 Å². The third kappa shape index (κ3) is 2.42. The number of hydrogen-bond donors (Lipinski definition) is 0. The number of rotatable bonds is 2. The molecule has 0 saturated carbocycles. The first-order chi connectivity index (χ1) is 9.66. The predicted molar refractivity (Wildman–Crippen MR) is 71.5 cm³/mol. The van der Waals surface area contributed by atoms with Gasteiger partial charge in [-0.2, -0.15) is 0 Å². The van der Waals surface area contributed by atoms with Crippen LogP contribution in [0.2, 0.25) is 0 Å². The first-order valence-electron chi connectivity index (χ1n) is 7.14. The van der Waals surface area contributed by atoms with Gasteiger partial charge in [-0.1, -0.05) is 6.07 Å². The van der Waals surface area contributed by atoms with Crippen molar-refractivity contribution in [1.29, 1.82) is 0 Å². The van der Waals surface area contributed by atoms with Gasteiger partial charge in [-0.15, -0.1) is 0 Å². The quantitative estimate of drug-likeness (QED) is 0.829. The summed E-state index contributed by atoms with van der Waals surface area (Å²) in [6.07, 6.45) is 3.34. The Morgan fingerprint density at radius 2 is 1.90 bits per heavy atom. The Balaban J connectivity index is 1.70. The van der Waals surface area contributed by atoms with Crippen LogP contribution in [-0.2, 0) is 0 Å². The Hall–Kier alpha value is -1.49. The summed E-state index contributed by atoms with van der Waals surface area (Å²) in [7, 11) is 0. The van der Waals surface area contributed by atoms with Gasteiger partial charge >= 0.3 is 0 Å². The molecular formula is C15H18F2N2O. The highest BCUT2D eigenvalue weighted by Crippen LogP contribution is 2.23. The number of nitrogens with zero attached hydrogens (tertiary/aromatic N) is 2. The summed E-state index contributed by atoms with van der Waals surface area (Å²) in [4.78, 5) is 16.3. The molecule has 1 aromatic carbocycles. The normalized spacial score (nSPS) is 23.5. The van der Waals surface area contributed by atoms with Crippen molar-refractivity contribution < 1.29 is 13.6 Å². The second-order valence-electron chi connectivity index (χ2n) is 5.54. The molecule has 0 aromatic heterocycles. The van der Waals surface area contributed by atoms with Crippen molar-refractivity contribution in [2.75, 3.05) is 26.2 Å². The fourth-order valence-electron chi connectivity index (χ4n) is 3.17. The molecule has 2 saturated heterocycles. The summed E-state index contributed by atoms with van der Waals surface area (Å²) in [5.74, 6) is -2.41. The molecular weight excluding hydrogens is 262 g/mol. The van der Waals surface area contributed by atoms with Crippen molar-refractivity contribution in [2.24, 2.45) is 0 Å². The highest BCUT2D eigenvalue weighted by molar-refractivity contribution is 5.94. The summed E-state index contributed by atoms with van der Waals surface area (Å²) in [6.45, 7) is 3.41. The zero-order valence-electron chi connectivity index (χ0n) is 11.3. The molecule has 2 heterocycles. The van der Waals surface area contributed by atoms with Crippen LogP contribution < -0.4 is 0 Å². The Labute approximate surface area is 117 Å². The molecule has 5 heteroatoms. The molecule has 0 bridgehead atoms. The maximum Gasteiger partial charge on any atom is 0.256 e. The summed E-state index contributed by atoms with van der Waals surface area (Å²) in [6, 6.07) is 4.13. The van der Waals surface area contributed by atoms with E-state index in [0.29, 0.717) is 19.1 Å². The minimum atomic E-state index is -1.04. The van der Waals surface area contributed by atoms with Crippen LogP contribution in [0, 0.1) is 11.6 Å². The number of carbonyl (C=O) groups is 1. The molecule has 1 atom stereocenters. The van der Waals surface area contributed by atoms with E-state index in [2.05, 4.69) is 4.90 Å². The Morgan fingerprint density at radius 1 is 1.15 bits per heavy atom. The molecule has 1 unspecified atom stereocenters.